The number of nitrogens with zero attached hydrogens (tertiary/aromatic N) is 3. The summed E-state index contributed by atoms with van der Waals surface area (Å²) in [5, 5.41) is 3.86. The summed E-state index contributed by atoms with van der Waals surface area (Å²) in [4.78, 5) is 17.4. The number of amides is 1. The van der Waals surface area contributed by atoms with Crippen molar-refractivity contribution in [2.45, 2.75) is 38.9 Å². The molecule has 1 aliphatic heterocycles. The lowest BCUT2D eigenvalue weighted by molar-refractivity contribution is -0.133. The molecule has 112 valence electrons. The number of piperidine rings is 1. The van der Waals surface area contributed by atoms with E-state index >= 15 is 0 Å². The number of hydrogen-bond donors (Lipinski definition) is 0. The van der Waals surface area contributed by atoms with Crippen molar-refractivity contribution in [3.8, 4) is 0 Å². The minimum absolute atomic E-state index is 0.0496. The number of ether oxygens (including phenoxy) is 2. The summed E-state index contributed by atoms with van der Waals surface area (Å²) in [5.41, 5.74) is 0. The molecule has 1 unspecified atom stereocenters. The van der Waals surface area contributed by atoms with Crippen LogP contribution in [0.15, 0.2) is 4.52 Å². The van der Waals surface area contributed by atoms with Gasteiger partial charge in [0.2, 0.25) is 11.8 Å². The van der Waals surface area contributed by atoms with E-state index in [1.165, 1.54) is 0 Å². The summed E-state index contributed by atoms with van der Waals surface area (Å²) in [6.45, 7) is 3.91. The number of rotatable bonds is 6. The van der Waals surface area contributed by atoms with E-state index in [-0.39, 0.29) is 12.0 Å². The molecule has 1 saturated heterocycles. The zero-order valence-electron chi connectivity index (χ0n) is 12.0. The number of aromatic nitrogens is 2. The summed E-state index contributed by atoms with van der Waals surface area (Å²) >= 11 is 0. The molecule has 1 aliphatic rings. The fourth-order valence-corrected chi connectivity index (χ4v) is 2.19. The van der Waals surface area contributed by atoms with Crippen molar-refractivity contribution in [2.24, 2.45) is 0 Å². The van der Waals surface area contributed by atoms with E-state index in [4.69, 9.17) is 14.0 Å². The Morgan fingerprint density at radius 3 is 3.15 bits per heavy atom. The van der Waals surface area contributed by atoms with Crippen LogP contribution in [0.1, 0.15) is 31.5 Å². The van der Waals surface area contributed by atoms with Gasteiger partial charge in [0.05, 0.1) is 19.1 Å². The summed E-state index contributed by atoms with van der Waals surface area (Å²) in [6, 6.07) is 0. The first-order chi connectivity index (χ1) is 9.69. The molecule has 0 radical (unpaired) electrons. The maximum Gasteiger partial charge on any atom is 0.229 e. The molecule has 0 bridgehead atoms. The second kappa shape index (κ2) is 7.35. The average Bonchev–Trinajstić information content (AvgIpc) is 2.91. The predicted octanol–water partition coefficient (Wildman–Crippen LogP) is 0.786. The van der Waals surface area contributed by atoms with Gasteiger partial charge in [-0.05, 0) is 12.8 Å². The van der Waals surface area contributed by atoms with Crippen LogP contribution in [-0.2, 0) is 27.3 Å². The minimum atomic E-state index is 0.0496. The molecule has 2 heterocycles. The predicted molar refractivity (Wildman–Crippen MR) is 69.9 cm³/mol. The zero-order chi connectivity index (χ0) is 14.4. The molecular weight excluding hydrogens is 262 g/mol. The van der Waals surface area contributed by atoms with Gasteiger partial charge >= 0.3 is 0 Å². The fourth-order valence-electron chi connectivity index (χ4n) is 2.19. The SMILES string of the molecule is COCCc1nc(COC2CCCN(C(C)=O)C2)no1. The average molecular weight is 283 g/mol. The van der Waals surface area contributed by atoms with Crippen molar-refractivity contribution in [1.82, 2.24) is 15.0 Å². The van der Waals surface area contributed by atoms with Gasteiger partial charge in [-0.25, -0.2) is 0 Å². The van der Waals surface area contributed by atoms with Crippen LogP contribution in [0.2, 0.25) is 0 Å². The van der Waals surface area contributed by atoms with Gasteiger partial charge in [-0.2, -0.15) is 4.98 Å². The van der Waals surface area contributed by atoms with Crippen molar-refractivity contribution in [3.63, 3.8) is 0 Å². The van der Waals surface area contributed by atoms with Crippen LogP contribution in [0.25, 0.3) is 0 Å². The number of likely N-dealkylation sites (tertiary alicyclic amines) is 1. The van der Waals surface area contributed by atoms with Gasteiger partial charge in [-0.1, -0.05) is 5.16 Å². The first-order valence-electron chi connectivity index (χ1n) is 6.86. The summed E-state index contributed by atoms with van der Waals surface area (Å²) in [6.07, 6.45) is 2.58. The molecule has 0 aromatic carbocycles. The van der Waals surface area contributed by atoms with Crippen molar-refractivity contribution < 1.29 is 18.8 Å². The first-order valence-corrected chi connectivity index (χ1v) is 6.86. The summed E-state index contributed by atoms with van der Waals surface area (Å²) < 4.78 is 15.8. The monoisotopic (exact) mass is 283 g/mol. The highest BCUT2D eigenvalue weighted by molar-refractivity contribution is 5.73. The van der Waals surface area contributed by atoms with E-state index in [1.807, 2.05) is 4.90 Å². The third kappa shape index (κ3) is 4.28. The highest BCUT2D eigenvalue weighted by Crippen LogP contribution is 2.14. The van der Waals surface area contributed by atoms with E-state index in [0.717, 1.165) is 19.4 Å². The molecule has 0 N–H and O–H groups in total. The van der Waals surface area contributed by atoms with Crippen molar-refractivity contribution >= 4 is 5.91 Å². The number of carbonyl (C=O) groups excluding carboxylic acids is 1. The lowest BCUT2D eigenvalue weighted by Gasteiger charge is -2.31. The molecule has 0 saturated carbocycles. The van der Waals surface area contributed by atoms with Gasteiger partial charge in [0.15, 0.2) is 5.82 Å². The van der Waals surface area contributed by atoms with Gasteiger partial charge in [-0.15, -0.1) is 0 Å². The molecule has 1 aromatic heterocycles. The molecule has 0 spiro atoms. The van der Waals surface area contributed by atoms with Crippen LogP contribution in [0.5, 0.6) is 0 Å². The number of hydrogen-bond acceptors (Lipinski definition) is 6. The largest absolute Gasteiger partial charge is 0.384 e. The zero-order valence-corrected chi connectivity index (χ0v) is 12.0. The van der Waals surface area contributed by atoms with E-state index in [1.54, 1.807) is 14.0 Å². The van der Waals surface area contributed by atoms with Gasteiger partial charge in [0.25, 0.3) is 0 Å². The van der Waals surface area contributed by atoms with Crippen LogP contribution >= 0.6 is 0 Å². The van der Waals surface area contributed by atoms with E-state index < -0.39 is 0 Å². The molecular formula is C13H21N3O4. The van der Waals surface area contributed by atoms with E-state index in [2.05, 4.69) is 10.1 Å². The van der Waals surface area contributed by atoms with Gasteiger partial charge in [0, 0.05) is 27.1 Å². The second-order valence-electron chi connectivity index (χ2n) is 4.89. The lowest BCUT2D eigenvalue weighted by atomic mass is 10.1. The van der Waals surface area contributed by atoms with E-state index in [9.17, 15) is 4.79 Å². The Hall–Kier alpha value is -1.47. The molecule has 1 fully saturated rings. The molecule has 2 rings (SSSR count). The molecule has 1 amide bonds. The topological polar surface area (TPSA) is 77.7 Å². The molecule has 7 heteroatoms. The standard InChI is InChI=1S/C13H21N3O4/c1-10(17)16-6-3-4-11(8-16)19-9-12-14-13(20-15-12)5-7-18-2/h11H,3-9H2,1-2H3. The Balaban J connectivity index is 1.76. The second-order valence-corrected chi connectivity index (χ2v) is 4.89. The Kier molecular flexibility index (Phi) is 5.49. The van der Waals surface area contributed by atoms with Gasteiger partial charge in [0.1, 0.15) is 6.61 Å². The minimum Gasteiger partial charge on any atom is -0.384 e. The normalized spacial score (nSPS) is 19.3. The molecule has 0 aliphatic carbocycles. The Labute approximate surface area is 118 Å². The van der Waals surface area contributed by atoms with Crippen molar-refractivity contribution in [3.05, 3.63) is 11.7 Å². The molecule has 7 nitrogen and oxygen atoms in total. The van der Waals surface area contributed by atoms with E-state index in [0.29, 0.717) is 37.9 Å². The maximum absolute atomic E-state index is 11.3. The van der Waals surface area contributed by atoms with Gasteiger partial charge in [-0.3, -0.25) is 4.79 Å². The van der Waals surface area contributed by atoms with Crippen molar-refractivity contribution in [2.75, 3.05) is 26.8 Å². The maximum atomic E-state index is 11.3. The van der Waals surface area contributed by atoms with Crippen LogP contribution in [0.4, 0.5) is 0 Å². The van der Waals surface area contributed by atoms with Gasteiger partial charge < -0.3 is 18.9 Å². The third-order valence-electron chi connectivity index (χ3n) is 3.30. The Bertz CT molecular complexity index is 435. The smallest absolute Gasteiger partial charge is 0.229 e. The van der Waals surface area contributed by atoms with Crippen LogP contribution < -0.4 is 0 Å². The molecule has 1 atom stereocenters. The van der Waals surface area contributed by atoms with Crippen LogP contribution in [0.3, 0.4) is 0 Å². The highest BCUT2D eigenvalue weighted by Gasteiger charge is 2.22. The molecule has 1 aromatic rings. The Morgan fingerprint density at radius 2 is 2.40 bits per heavy atom. The summed E-state index contributed by atoms with van der Waals surface area (Å²) in [7, 11) is 1.63. The van der Waals surface area contributed by atoms with Crippen LogP contribution in [0, 0.1) is 0 Å². The van der Waals surface area contributed by atoms with Crippen molar-refractivity contribution in [1.29, 1.82) is 0 Å². The first kappa shape index (κ1) is 14.9. The molecule has 20 heavy (non-hydrogen) atoms. The number of methoxy groups -OCH3 is 1. The van der Waals surface area contributed by atoms with Crippen LogP contribution in [-0.4, -0.2) is 53.9 Å². The fraction of sp³-hybridized carbons (Fsp3) is 0.769. The summed E-state index contributed by atoms with van der Waals surface area (Å²) in [5.74, 6) is 1.19. The quantitative estimate of drug-likeness (QED) is 0.768. The highest BCUT2D eigenvalue weighted by atomic mass is 16.5. The number of carbonyl (C=O) groups is 1. The third-order valence-corrected chi connectivity index (χ3v) is 3.30. The lowest BCUT2D eigenvalue weighted by Crippen LogP contribution is -2.42. The Morgan fingerprint density at radius 1 is 1.55 bits per heavy atom.